The van der Waals surface area contributed by atoms with Crippen LogP contribution in [0.15, 0.2) is 36.4 Å². The first-order valence-electron chi connectivity index (χ1n) is 10.3. The summed E-state index contributed by atoms with van der Waals surface area (Å²) in [4.78, 5) is 13.4. The van der Waals surface area contributed by atoms with Crippen LogP contribution in [0.1, 0.15) is 46.2 Å². The lowest BCUT2D eigenvalue weighted by Gasteiger charge is -2.35. The number of benzene rings is 2. The third-order valence-corrected chi connectivity index (χ3v) is 6.24. The summed E-state index contributed by atoms with van der Waals surface area (Å²) in [5.74, 6) is 0. The average Bonchev–Trinajstić information content (AvgIpc) is 3.34. The topological polar surface area (TPSA) is 29.5 Å². The maximum absolute atomic E-state index is 13.6. The lowest BCUT2D eigenvalue weighted by atomic mass is 9.77. The molecule has 2 saturated heterocycles. The number of fused-ring (bicyclic) bond motifs is 1. The van der Waals surface area contributed by atoms with Crippen LogP contribution in [0.4, 0.5) is 57.5 Å². The van der Waals surface area contributed by atoms with Gasteiger partial charge in [-0.15, -0.1) is 0 Å². The van der Waals surface area contributed by atoms with Crippen LogP contribution in [-0.2, 0) is 35.0 Å². The molecule has 4 rings (SSSR count). The number of hydrogen-bond acceptors (Lipinski definition) is 2. The number of nitrogens with zero attached hydrogens (tertiary/aromatic N) is 1. The van der Waals surface area contributed by atoms with Gasteiger partial charge in [0.2, 0.25) is 0 Å². The second kappa shape index (κ2) is 8.18. The summed E-state index contributed by atoms with van der Waals surface area (Å²) in [6, 6.07) is -1.44. The summed E-state index contributed by atoms with van der Waals surface area (Å²) in [6.45, 7) is -0.124. The minimum Gasteiger partial charge on any atom is -0.431 e. The van der Waals surface area contributed by atoms with E-state index >= 15 is 0 Å². The highest BCUT2D eigenvalue weighted by Gasteiger charge is 2.59. The summed E-state index contributed by atoms with van der Waals surface area (Å²) >= 11 is 0. The van der Waals surface area contributed by atoms with Crippen LogP contribution >= 0.6 is 0 Å². The molecule has 1 atom stereocenters. The fraction of sp³-hybridized carbons (Fsp3) is 0.409. The van der Waals surface area contributed by atoms with E-state index in [1.807, 2.05) is 0 Å². The molecule has 2 fully saturated rings. The van der Waals surface area contributed by atoms with Gasteiger partial charge >= 0.3 is 30.8 Å². The van der Waals surface area contributed by atoms with Gasteiger partial charge in [0, 0.05) is 17.7 Å². The molecule has 0 spiro atoms. The van der Waals surface area contributed by atoms with Crippen LogP contribution in [0.25, 0.3) is 0 Å². The van der Waals surface area contributed by atoms with Crippen LogP contribution in [0.2, 0.25) is 0 Å². The number of carbonyl (C=O) groups excluding carboxylic acids is 1. The van der Waals surface area contributed by atoms with Crippen molar-refractivity contribution in [2.45, 2.75) is 49.2 Å². The Kier molecular flexibility index (Phi) is 5.95. The molecular weight excluding hydrogens is 538 g/mol. The predicted octanol–water partition coefficient (Wildman–Crippen LogP) is 7.62. The quantitative estimate of drug-likeness (QED) is 0.360. The third-order valence-electron chi connectivity index (χ3n) is 6.24. The molecule has 0 radical (unpaired) electrons. The standard InChI is InChI=1S/C22H13F12NO2/c23-19(24,25)12-4-10(5-13(8-12)20(26,27)28)18(16-2-1-3-35(16)17(36)37-18)11-6-14(21(29,30)31)9-15(7-11)22(32,33)34/h4-9,16H,1-3H2/t16-/m1/s1. The molecule has 0 aliphatic carbocycles. The van der Waals surface area contributed by atoms with Crippen molar-refractivity contribution in [3.8, 4) is 0 Å². The summed E-state index contributed by atoms with van der Waals surface area (Å²) in [5, 5.41) is 0. The Labute approximate surface area is 199 Å². The summed E-state index contributed by atoms with van der Waals surface area (Å²) in [6.07, 6.45) is -22.9. The van der Waals surface area contributed by atoms with Gasteiger partial charge in [-0.3, -0.25) is 0 Å². The van der Waals surface area contributed by atoms with Gasteiger partial charge in [0.25, 0.3) is 0 Å². The van der Waals surface area contributed by atoms with Gasteiger partial charge in [-0.2, -0.15) is 52.7 Å². The third kappa shape index (κ3) is 4.67. The van der Waals surface area contributed by atoms with Gasteiger partial charge in [0.15, 0.2) is 5.60 Å². The molecule has 2 heterocycles. The predicted molar refractivity (Wildman–Crippen MR) is 99.9 cm³/mol. The molecule has 15 heteroatoms. The largest absolute Gasteiger partial charge is 0.431 e. The average molecular weight is 551 g/mol. The first kappa shape index (κ1) is 26.9. The Morgan fingerprint density at radius 2 is 1.00 bits per heavy atom. The zero-order chi connectivity index (χ0) is 27.8. The molecule has 37 heavy (non-hydrogen) atoms. The number of carbonyl (C=O) groups is 1. The van der Waals surface area contributed by atoms with Gasteiger partial charge < -0.3 is 9.64 Å². The Hall–Kier alpha value is -3.13. The van der Waals surface area contributed by atoms with Crippen LogP contribution in [0, 0.1) is 0 Å². The van der Waals surface area contributed by atoms with Crippen LogP contribution < -0.4 is 0 Å². The summed E-state index contributed by atoms with van der Waals surface area (Å²) in [7, 11) is 0. The number of ether oxygens (including phenoxy) is 1. The van der Waals surface area contributed by atoms with E-state index in [0.717, 1.165) is 4.90 Å². The minimum absolute atomic E-state index is 0.123. The zero-order valence-electron chi connectivity index (χ0n) is 18.0. The van der Waals surface area contributed by atoms with Gasteiger partial charge in [-0.25, -0.2) is 4.79 Å². The van der Waals surface area contributed by atoms with Crippen molar-refractivity contribution in [1.29, 1.82) is 0 Å². The fourth-order valence-electron chi connectivity index (χ4n) is 4.68. The molecule has 202 valence electrons. The minimum atomic E-state index is -5.39. The van der Waals surface area contributed by atoms with Gasteiger partial charge in [0.05, 0.1) is 28.3 Å². The van der Waals surface area contributed by atoms with Crippen molar-refractivity contribution < 1.29 is 62.2 Å². The van der Waals surface area contributed by atoms with Crippen molar-refractivity contribution >= 4 is 6.09 Å². The zero-order valence-corrected chi connectivity index (χ0v) is 18.0. The Morgan fingerprint density at radius 1 is 0.649 bits per heavy atom. The number of cyclic esters (lactones) is 1. The molecule has 0 unspecified atom stereocenters. The molecular formula is C22H13F12NO2. The summed E-state index contributed by atoms with van der Waals surface area (Å²) in [5.41, 5.74) is -12.5. The Morgan fingerprint density at radius 3 is 1.32 bits per heavy atom. The van der Waals surface area contributed by atoms with Crippen molar-refractivity contribution in [3.05, 3.63) is 69.8 Å². The lowest BCUT2D eigenvalue weighted by molar-refractivity contribution is -0.144. The van der Waals surface area contributed by atoms with Crippen molar-refractivity contribution in [1.82, 2.24) is 4.90 Å². The maximum Gasteiger partial charge on any atom is 0.416 e. The van der Waals surface area contributed by atoms with E-state index in [2.05, 4.69) is 0 Å². The number of amides is 1. The van der Waals surface area contributed by atoms with Crippen LogP contribution in [0.3, 0.4) is 0 Å². The fourth-order valence-corrected chi connectivity index (χ4v) is 4.68. The smallest absolute Gasteiger partial charge is 0.416 e. The molecule has 2 aromatic rings. The highest BCUT2D eigenvalue weighted by atomic mass is 19.4. The molecule has 0 N–H and O–H groups in total. The van der Waals surface area contributed by atoms with Gasteiger partial charge in [-0.05, 0) is 49.2 Å². The molecule has 2 aliphatic heterocycles. The number of rotatable bonds is 2. The van der Waals surface area contributed by atoms with E-state index in [-0.39, 0.29) is 55.8 Å². The second-order valence-corrected chi connectivity index (χ2v) is 8.54. The molecule has 3 nitrogen and oxygen atoms in total. The van der Waals surface area contributed by atoms with Crippen LogP contribution in [0.5, 0.6) is 0 Å². The molecule has 0 aromatic heterocycles. The molecule has 0 bridgehead atoms. The normalized spacial score (nSPS) is 20.3. The lowest BCUT2D eigenvalue weighted by Crippen LogP contribution is -2.41. The number of halogens is 12. The van der Waals surface area contributed by atoms with E-state index in [9.17, 15) is 57.5 Å². The highest BCUT2D eigenvalue weighted by molar-refractivity contribution is 5.74. The van der Waals surface area contributed by atoms with Crippen molar-refractivity contribution in [2.24, 2.45) is 0 Å². The molecule has 1 amide bonds. The Balaban J connectivity index is 2.12. The molecule has 2 aliphatic rings. The monoisotopic (exact) mass is 551 g/mol. The van der Waals surface area contributed by atoms with Gasteiger partial charge in [-0.1, -0.05) is 0 Å². The molecule has 0 saturated carbocycles. The van der Waals surface area contributed by atoms with Crippen molar-refractivity contribution in [3.63, 3.8) is 0 Å². The first-order valence-corrected chi connectivity index (χ1v) is 10.3. The van der Waals surface area contributed by atoms with Gasteiger partial charge in [0.1, 0.15) is 0 Å². The van der Waals surface area contributed by atoms with Crippen molar-refractivity contribution in [2.75, 3.05) is 6.54 Å². The molecule has 2 aromatic carbocycles. The highest BCUT2D eigenvalue weighted by Crippen LogP contribution is 2.52. The van der Waals surface area contributed by atoms with E-state index in [4.69, 9.17) is 4.74 Å². The Bertz CT molecular complexity index is 1090. The number of alkyl halides is 12. The SMILES string of the molecule is O=C1OC(c2cc(C(F)(F)F)cc(C(F)(F)F)c2)(c2cc(C(F)(F)F)cc(C(F)(F)F)c2)[C@H]2CCCN12. The number of hydrogen-bond donors (Lipinski definition) is 0. The van der Waals surface area contributed by atoms with E-state index in [1.54, 1.807) is 0 Å². The first-order chi connectivity index (χ1) is 16.7. The van der Waals surface area contributed by atoms with E-state index in [0.29, 0.717) is 0 Å². The van der Waals surface area contributed by atoms with Crippen LogP contribution in [-0.4, -0.2) is 23.6 Å². The van der Waals surface area contributed by atoms with E-state index in [1.165, 1.54) is 0 Å². The summed E-state index contributed by atoms with van der Waals surface area (Å²) < 4.78 is 168. The maximum atomic E-state index is 13.6. The second-order valence-electron chi connectivity index (χ2n) is 8.54. The van der Waals surface area contributed by atoms with E-state index < -0.39 is 75.8 Å².